The Kier molecular flexibility index (Phi) is 29.5. The van der Waals surface area contributed by atoms with E-state index in [1.807, 2.05) is 83.0 Å². The molecule has 0 spiro atoms. The predicted octanol–water partition coefficient (Wildman–Crippen LogP) is 21.9. The summed E-state index contributed by atoms with van der Waals surface area (Å²) in [5, 5.41) is 0. The number of benzene rings is 12. The summed E-state index contributed by atoms with van der Waals surface area (Å²) in [6.45, 7) is 0. The zero-order chi connectivity index (χ0) is 99.9. The molecule has 0 saturated carbocycles. The van der Waals surface area contributed by atoms with Gasteiger partial charge in [0.2, 0.25) is 8.42 Å². The minimum atomic E-state index is -7.22. The van der Waals surface area contributed by atoms with E-state index >= 15 is 70.2 Å². The van der Waals surface area contributed by atoms with Crippen LogP contribution in [-0.2, 0) is 21.8 Å². The van der Waals surface area contributed by atoms with Crippen molar-refractivity contribution >= 4 is 112 Å². The Morgan fingerprint density at radius 1 is 0.170 bits per heavy atom. The summed E-state index contributed by atoms with van der Waals surface area (Å²) in [6.07, 6.45) is -14.4. The normalized spacial score (nSPS) is 11.7. The molecule has 4 nitrogen and oxygen atoms in total. The van der Waals surface area contributed by atoms with Crippen LogP contribution in [-0.4, -0.2) is 40.7 Å². The van der Waals surface area contributed by atoms with Gasteiger partial charge in [-0.05, 0) is 109 Å². The molecule has 0 atom stereocenters. The molecule has 0 unspecified atom stereocenters. The molecular formula is C84H32B2F40O4S5. The summed E-state index contributed by atoms with van der Waals surface area (Å²) in [7, 11) is 6.31. The van der Waals surface area contributed by atoms with Gasteiger partial charge in [0.1, 0.15) is 150 Å². The van der Waals surface area contributed by atoms with Crippen molar-refractivity contribution in [2.45, 2.75) is 36.4 Å². The molecule has 12 aromatic carbocycles. The zero-order valence-corrected chi connectivity index (χ0v) is 69.6. The maximum absolute atomic E-state index is 15.4. The summed E-state index contributed by atoms with van der Waals surface area (Å²) in [5.74, 6) is -139. The Hall–Kier alpha value is -12.4. The van der Waals surface area contributed by atoms with Gasteiger partial charge in [0.15, 0.2) is 159 Å². The summed E-state index contributed by atoms with van der Waals surface area (Å²) < 4.78 is 615. The Morgan fingerprint density at radius 3 is 0.407 bits per heavy atom. The third-order valence-electron chi connectivity index (χ3n) is 20.3. The molecule has 0 fully saturated rings. The molecule has 0 aliphatic rings. The van der Waals surface area contributed by atoms with Gasteiger partial charge in [-0.2, -0.15) is 0 Å². The third-order valence-corrected chi connectivity index (χ3v) is 28.9. The number of halogens is 40. The first-order chi connectivity index (χ1) is 63.5. The monoisotopic (exact) mass is 2050 g/mol. The topological polar surface area (TPSA) is 36.9 Å². The first kappa shape index (κ1) is 102. The standard InChI is InChI=1S/C36H32O4S5.2C24BF20/c1-37-25-5-13-29(14-6-25)44(30-15-7-26(38-2)8-16-30)35-23-21-33(42-35)41-34-22-24-36(43-34)45(31-17-9-27(39-3)10-18-31)32-19-11-28(40-4)12-20-32;2*26-5-1(6(27)14(35)21(42)13(5)34)25(2-7(28)15(36)22(43)16(37)8(2)29,3-9(30)17(38)23(44)18(39)10(3)31)4-11(32)19(40)24(45)20(41)12(4)33/h5-24H,1-4H3;;/q+2;2*-1. The average Bonchev–Trinajstić information content (AvgIpc) is 0.924. The Balaban J connectivity index is 0.000000182. The third kappa shape index (κ3) is 16.8. The fourth-order valence-corrected chi connectivity index (χ4v) is 23.5. The van der Waals surface area contributed by atoms with Crippen LogP contribution >= 0.6 is 34.4 Å². The van der Waals surface area contributed by atoms with Crippen molar-refractivity contribution < 1.29 is 195 Å². The van der Waals surface area contributed by atoms with Crippen molar-refractivity contribution in [3.8, 4) is 23.0 Å². The molecule has 0 amide bonds. The number of hydrogen-bond acceptors (Lipinski definition) is 7. The summed E-state index contributed by atoms with van der Waals surface area (Å²) >= 11 is 5.55. The van der Waals surface area contributed by atoms with Crippen molar-refractivity contribution in [1.29, 1.82) is 0 Å². The Morgan fingerprint density at radius 2 is 0.289 bits per heavy atom. The van der Waals surface area contributed by atoms with Gasteiger partial charge in [-0.15, -0.1) is 43.7 Å². The van der Waals surface area contributed by atoms with E-state index in [0.717, 1.165) is 23.0 Å². The van der Waals surface area contributed by atoms with Crippen LogP contribution in [0.3, 0.4) is 0 Å². The lowest BCUT2D eigenvalue weighted by atomic mass is 9.12. The molecule has 0 radical (unpaired) electrons. The number of ether oxygens (including phenoxy) is 4. The van der Waals surface area contributed by atoms with Gasteiger partial charge in [-0.25, -0.2) is 176 Å². The second-order valence-electron chi connectivity index (χ2n) is 27.2. The molecule has 51 heteroatoms. The van der Waals surface area contributed by atoms with Gasteiger partial charge >= 0.3 is 0 Å². The van der Waals surface area contributed by atoms with Gasteiger partial charge in [-0.3, -0.25) is 0 Å². The van der Waals surface area contributed by atoms with Crippen LogP contribution in [0.5, 0.6) is 23.0 Å². The molecule has 2 aromatic heterocycles. The second kappa shape index (κ2) is 39.1. The smallest absolute Gasteiger partial charge is 0.221 e. The summed E-state index contributed by atoms with van der Waals surface area (Å²) in [5.41, 5.74) is -28.7. The van der Waals surface area contributed by atoms with Crippen LogP contribution in [0, 0.1) is 233 Å². The van der Waals surface area contributed by atoms with Crippen molar-refractivity contribution in [1.82, 2.24) is 0 Å². The largest absolute Gasteiger partial charge is 0.497 e. The maximum Gasteiger partial charge on any atom is 0.221 e. The van der Waals surface area contributed by atoms with Gasteiger partial charge in [0.25, 0.3) is 0 Å². The highest BCUT2D eigenvalue weighted by Gasteiger charge is 2.56. The highest BCUT2D eigenvalue weighted by Crippen LogP contribution is 2.47. The minimum absolute atomic E-state index is 0.252. The molecule has 0 aliphatic heterocycles. The molecule has 14 aromatic rings. The van der Waals surface area contributed by atoms with E-state index < -0.39 is 289 Å². The van der Waals surface area contributed by atoms with Crippen molar-refractivity contribution in [3.05, 3.63) is 354 Å². The van der Waals surface area contributed by atoms with E-state index in [0.29, 0.717) is 0 Å². The molecule has 135 heavy (non-hydrogen) atoms. The first-order valence-corrected chi connectivity index (χ1v) is 40.8. The van der Waals surface area contributed by atoms with Gasteiger partial charge in [0, 0.05) is 12.1 Å². The number of thiophene rings is 2. The average molecular weight is 2050 g/mol. The van der Waals surface area contributed by atoms with Crippen LogP contribution in [0.25, 0.3) is 0 Å². The quantitative estimate of drug-likeness (QED) is 0.0250. The zero-order valence-electron chi connectivity index (χ0n) is 65.5. The van der Waals surface area contributed by atoms with Gasteiger partial charge < -0.3 is 18.9 Å². The Labute approximate surface area is 745 Å². The predicted molar refractivity (Wildman–Crippen MR) is 407 cm³/mol. The second-order valence-corrected chi connectivity index (χ2v) is 35.4. The molecule has 0 aliphatic carbocycles. The highest BCUT2D eigenvalue weighted by atomic mass is 32.2. The first-order valence-electron chi connectivity index (χ1n) is 35.9. The lowest BCUT2D eigenvalue weighted by Crippen LogP contribution is -2.81. The van der Waals surface area contributed by atoms with E-state index in [2.05, 4.69) is 72.8 Å². The van der Waals surface area contributed by atoms with Crippen LogP contribution in [0.4, 0.5) is 176 Å². The molecular weight excluding hydrogens is 2010 g/mol. The molecule has 708 valence electrons. The molecule has 2 heterocycles. The maximum atomic E-state index is 15.4. The highest BCUT2D eigenvalue weighted by molar-refractivity contribution is 8.04. The van der Waals surface area contributed by atoms with Crippen LogP contribution in [0.2, 0.25) is 0 Å². The lowest BCUT2D eigenvalue weighted by Gasteiger charge is -2.44. The molecule has 0 N–H and O–H groups in total. The number of hydrogen-bond donors (Lipinski definition) is 0. The Bertz CT molecular complexity index is 5800. The molecule has 14 rings (SSSR count). The van der Waals surface area contributed by atoms with E-state index in [1.54, 1.807) is 28.4 Å². The van der Waals surface area contributed by atoms with Crippen LogP contribution in [0.1, 0.15) is 0 Å². The number of rotatable bonds is 20. The fraction of sp³-hybridized carbons (Fsp3) is 0.0476. The van der Waals surface area contributed by atoms with Crippen molar-refractivity contribution in [3.63, 3.8) is 0 Å². The van der Waals surface area contributed by atoms with E-state index in [1.165, 1.54) is 36.4 Å². The summed E-state index contributed by atoms with van der Waals surface area (Å²) in [4.78, 5) is 5.00. The van der Waals surface area contributed by atoms with E-state index in [4.69, 9.17) is 18.9 Å². The van der Waals surface area contributed by atoms with Crippen LogP contribution in [0.15, 0.2) is 158 Å². The van der Waals surface area contributed by atoms with Gasteiger partial charge in [-0.1, -0.05) is 34.4 Å². The van der Waals surface area contributed by atoms with Crippen molar-refractivity contribution in [2.75, 3.05) is 28.4 Å². The number of methoxy groups -OCH3 is 4. The molecule has 0 saturated heterocycles. The minimum Gasteiger partial charge on any atom is -0.497 e. The van der Waals surface area contributed by atoms with Gasteiger partial charge in [0.05, 0.1) is 36.9 Å². The SMILES string of the molecule is COc1ccc([S+](c2ccc(OC)cc2)c2ccc(Sc3ccc([S+](c4ccc(OC)cc4)c4ccc(OC)cc4)s3)s2)cc1.Fc1c(F)c(F)c([B-](c2c(F)c(F)c(F)c(F)c2F)(c2c(F)c(F)c(F)c(F)c2F)c2c(F)c(F)c(F)c(F)c2F)c(F)c1F.Fc1c(F)c(F)c([B-](c2c(F)c(F)c(F)c(F)c2F)(c2c(F)c(F)c(F)c(F)c2F)c2c(F)c(F)c(F)c(F)c2F)c(F)c1F. The summed E-state index contributed by atoms with van der Waals surface area (Å²) in [6, 6.07) is 42.7. The van der Waals surface area contributed by atoms with E-state index in [-0.39, 0.29) is 21.8 Å². The van der Waals surface area contributed by atoms with Crippen molar-refractivity contribution in [2.24, 2.45) is 0 Å². The van der Waals surface area contributed by atoms with E-state index in [9.17, 15) is 105 Å². The van der Waals surface area contributed by atoms with Crippen LogP contribution < -0.4 is 62.6 Å². The molecule has 0 bridgehead atoms. The fourth-order valence-electron chi connectivity index (χ4n) is 14.4. The lowest BCUT2D eigenvalue weighted by molar-refractivity contribution is 0.377.